The molecule has 1 rings (SSSR count). The predicted octanol–water partition coefficient (Wildman–Crippen LogP) is 2.04. The van der Waals surface area contributed by atoms with E-state index in [9.17, 15) is 14.0 Å². The van der Waals surface area contributed by atoms with Gasteiger partial charge >= 0.3 is 12.0 Å². The Hall–Kier alpha value is -2.11. The Morgan fingerprint density at radius 1 is 1.35 bits per heavy atom. The van der Waals surface area contributed by atoms with Crippen LogP contribution in [-0.2, 0) is 11.3 Å². The number of hydrogen-bond acceptors (Lipinski definition) is 2. The topological polar surface area (TPSA) is 78.4 Å². The van der Waals surface area contributed by atoms with E-state index in [1.54, 1.807) is 19.9 Å². The third-order valence-electron chi connectivity index (χ3n) is 2.97. The van der Waals surface area contributed by atoms with Gasteiger partial charge < -0.3 is 15.7 Å². The van der Waals surface area contributed by atoms with Crippen molar-refractivity contribution in [3.8, 4) is 0 Å². The van der Waals surface area contributed by atoms with Crippen molar-refractivity contribution in [1.29, 1.82) is 0 Å². The summed E-state index contributed by atoms with van der Waals surface area (Å²) in [6.07, 6.45) is 0. The maximum atomic E-state index is 13.1. The van der Waals surface area contributed by atoms with Crippen LogP contribution in [0.25, 0.3) is 0 Å². The van der Waals surface area contributed by atoms with E-state index in [1.807, 2.05) is 6.92 Å². The second kappa shape index (κ2) is 6.88. The molecule has 0 radical (unpaired) electrons. The molecule has 0 saturated heterocycles. The van der Waals surface area contributed by atoms with Crippen LogP contribution in [0.15, 0.2) is 18.2 Å². The maximum Gasteiger partial charge on any atom is 0.326 e. The van der Waals surface area contributed by atoms with Crippen LogP contribution < -0.4 is 10.6 Å². The van der Waals surface area contributed by atoms with Gasteiger partial charge in [-0.25, -0.2) is 14.0 Å². The molecule has 3 N–H and O–H groups in total. The number of carbonyl (C=O) groups excluding carboxylic acids is 1. The average molecular weight is 282 g/mol. The van der Waals surface area contributed by atoms with Gasteiger partial charge in [0.1, 0.15) is 11.9 Å². The Kier molecular flexibility index (Phi) is 5.49. The third kappa shape index (κ3) is 4.53. The smallest absolute Gasteiger partial charge is 0.326 e. The second-order valence-electron chi connectivity index (χ2n) is 4.96. The van der Waals surface area contributed by atoms with E-state index < -0.39 is 18.0 Å². The molecule has 6 heteroatoms. The minimum absolute atomic E-state index is 0.139. The second-order valence-corrected chi connectivity index (χ2v) is 4.96. The van der Waals surface area contributed by atoms with Crippen molar-refractivity contribution >= 4 is 12.0 Å². The highest BCUT2D eigenvalue weighted by Crippen LogP contribution is 2.09. The summed E-state index contributed by atoms with van der Waals surface area (Å²) in [5.74, 6) is -1.69. The van der Waals surface area contributed by atoms with Gasteiger partial charge in [-0.2, -0.15) is 0 Å². The number of rotatable bonds is 5. The number of aliphatic carboxylic acids is 1. The number of hydrogen-bond donors (Lipinski definition) is 3. The Labute approximate surface area is 117 Å². The van der Waals surface area contributed by atoms with Crippen molar-refractivity contribution < 1.29 is 19.1 Å². The van der Waals surface area contributed by atoms with Gasteiger partial charge in [-0.1, -0.05) is 19.9 Å². The molecule has 0 bridgehead atoms. The van der Waals surface area contributed by atoms with E-state index in [0.717, 1.165) is 5.56 Å². The van der Waals surface area contributed by atoms with Crippen LogP contribution in [0.3, 0.4) is 0 Å². The highest BCUT2D eigenvalue weighted by molar-refractivity contribution is 5.82. The molecule has 110 valence electrons. The van der Waals surface area contributed by atoms with Crippen LogP contribution in [0.4, 0.5) is 9.18 Å². The summed E-state index contributed by atoms with van der Waals surface area (Å²) in [5.41, 5.74) is 1.50. The van der Waals surface area contributed by atoms with Crippen LogP contribution in [-0.4, -0.2) is 23.1 Å². The molecule has 0 aromatic heterocycles. The van der Waals surface area contributed by atoms with Crippen molar-refractivity contribution in [2.24, 2.45) is 5.92 Å². The minimum Gasteiger partial charge on any atom is -0.480 e. The molecule has 0 aliphatic heterocycles. The van der Waals surface area contributed by atoms with E-state index in [-0.39, 0.29) is 18.3 Å². The fourth-order valence-electron chi connectivity index (χ4n) is 1.71. The van der Waals surface area contributed by atoms with Crippen molar-refractivity contribution in [3.63, 3.8) is 0 Å². The minimum atomic E-state index is -1.09. The lowest BCUT2D eigenvalue weighted by atomic mass is 10.1. The molecule has 0 aliphatic carbocycles. The van der Waals surface area contributed by atoms with Gasteiger partial charge in [-0.15, -0.1) is 0 Å². The van der Waals surface area contributed by atoms with E-state index in [4.69, 9.17) is 5.11 Å². The van der Waals surface area contributed by atoms with Crippen molar-refractivity contribution in [3.05, 3.63) is 35.1 Å². The summed E-state index contributed by atoms with van der Waals surface area (Å²) >= 11 is 0. The number of nitrogens with one attached hydrogen (secondary N) is 2. The Balaban J connectivity index is 2.59. The lowest BCUT2D eigenvalue weighted by Crippen LogP contribution is -2.48. The molecule has 0 spiro atoms. The van der Waals surface area contributed by atoms with Gasteiger partial charge in [0.15, 0.2) is 0 Å². The highest BCUT2D eigenvalue weighted by Gasteiger charge is 2.23. The van der Waals surface area contributed by atoms with Crippen molar-refractivity contribution in [1.82, 2.24) is 10.6 Å². The Bertz CT molecular complexity index is 503. The fourth-order valence-corrected chi connectivity index (χ4v) is 1.71. The Morgan fingerprint density at radius 2 is 2.00 bits per heavy atom. The normalized spacial score (nSPS) is 12.1. The summed E-state index contributed by atoms with van der Waals surface area (Å²) in [6.45, 7) is 5.36. The first kappa shape index (κ1) is 15.9. The molecule has 0 fully saturated rings. The summed E-state index contributed by atoms with van der Waals surface area (Å²) in [6, 6.07) is 2.77. The molecular formula is C14H19FN2O3. The SMILES string of the molecule is Cc1ccc(F)cc1CNC(=O)NC(C(=O)O)C(C)C. The molecule has 0 heterocycles. The number of carbonyl (C=O) groups is 2. The quantitative estimate of drug-likeness (QED) is 0.773. The van der Waals surface area contributed by atoms with Gasteiger partial charge in [-0.3, -0.25) is 0 Å². The third-order valence-corrected chi connectivity index (χ3v) is 2.97. The molecule has 2 amide bonds. The van der Waals surface area contributed by atoms with Crippen LogP contribution in [0.1, 0.15) is 25.0 Å². The summed E-state index contributed by atoms with van der Waals surface area (Å²) in [5, 5.41) is 13.9. The van der Waals surface area contributed by atoms with E-state index >= 15 is 0 Å². The van der Waals surface area contributed by atoms with Crippen LogP contribution in [0.5, 0.6) is 0 Å². The zero-order valence-electron chi connectivity index (χ0n) is 11.7. The first-order valence-electron chi connectivity index (χ1n) is 6.33. The van der Waals surface area contributed by atoms with Crippen LogP contribution in [0, 0.1) is 18.7 Å². The fraction of sp³-hybridized carbons (Fsp3) is 0.429. The van der Waals surface area contributed by atoms with Crippen LogP contribution >= 0.6 is 0 Å². The number of carboxylic acid groups (broad SMARTS) is 1. The first-order chi connectivity index (χ1) is 9.31. The number of halogens is 1. The standard InChI is InChI=1S/C14H19FN2O3/c1-8(2)12(13(18)19)17-14(20)16-7-10-6-11(15)5-4-9(10)3/h4-6,8,12H,7H2,1-3H3,(H,18,19)(H2,16,17,20). The van der Waals surface area contributed by atoms with Gasteiger partial charge in [0.25, 0.3) is 0 Å². The molecule has 0 aliphatic rings. The van der Waals surface area contributed by atoms with E-state index in [2.05, 4.69) is 10.6 Å². The zero-order chi connectivity index (χ0) is 15.3. The van der Waals surface area contributed by atoms with Crippen LogP contribution in [0.2, 0.25) is 0 Å². The summed E-state index contributed by atoms with van der Waals surface area (Å²) in [7, 11) is 0. The molecule has 20 heavy (non-hydrogen) atoms. The monoisotopic (exact) mass is 282 g/mol. The molecular weight excluding hydrogens is 263 g/mol. The number of aryl methyl sites for hydroxylation is 1. The lowest BCUT2D eigenvalue weighted by molar-refractivity contribution is -0.140. The highest BCUT2D eigenvalue weighted by atomic mass is 19.1. The molecule has 1 unspecified atom stereocenters. The van der Waals surface area contributed by atoms with E-state index in [1.165, 1.54) is 12.1 Å². The summed E-state index contributed by atoms with van der Waals surface area (Å²) in [4.78, 5) is 22.6. The molecule has 0 saturated carbocycles. The van der Waals surface area contributed by atoms with Crippen molar-refractivity contribution in [2.45, 2.75) is 33.4 Å². The molecule has 1 atom stereocenters. The first-order valence-corrected chi connectivity index (χ1v) is 6.33. The number of amides is 2. The van der Waals surface area contributed by atoms with E-state index in [0.29, 0.717) is 5.56 Å². The maximum absolute atomic E-state index is 13.1. The lowest BCUT2D eigenvalue weighted by Gasteiger charge is -2.18. The van der Waals surface area contributed by atoms with Gasteiger partial charge in [0.05, 0.1) is 0 Å². The average Bonchev–Trinajstić information content (AvgIpc) is 2.36. The molecule has 1 aromatic carbocycles. The van der Waals surface area contributed by atoms with Gasteiger partial charge in [0, 0.05) is 6.54 Å². The van der Waals surface area contributed by atoms with Gasteiger partial charge in [0.2, 0.25) is 0 Å². The van der Waals surface area contributed by atoms with Gasteiger partial charge in [-0.05, 0) is 36.1 Å². The largest absolute Gasteiger partial charge is 0.480 e. The molecule has 1 aromatic rings. The number of carboxylic acids is 1. The molecule has 5 nitrogen and oxygen atoms in total. The van der Waals surface area contributed by atoms with Crippen molar-refractivity contribution in [2.75, 3.05) is 0 Å². The zero-order valence-corrected chi connectivity index (χ0v) is 11.7. The number of urea groups is 1. The Morgan fingerprint density at radius 3 is 2.55 bits per heavy atom. The number of benzene rings is 1. The summed E-state index contributed by atoms with van der Waals surface area (Å²) < 4.78 is 13.1. The predicted molar refractivity (Wildman–Crippen MR) is 72.8 cm³/mol.